The van der Waals surface area contributed by atoms with Gasteiger partial charge in [0.2, 0.25) is 0 Å². The second kappa shape index (κ2) is 13.5. The number of piperazine rings is 1. The van der Waals surface area contributed by atoms with Crippen LogP contribution in [-0.4, -0.2) is 77.0 Å². The Hall–Kier alpha value is -3.36. The number of hydrogen-bond donors (Lipinski definition) is 4. The molecule has 4 rings (SSSR count). The molecule has 0 radical (unpaired) electrons. The Morgan fingerprint density at radius 1 is 1.07 bits per heavy atom. The molecule has 226 valence electrons. The van der Waals surface area contributed by atoms with E-state index in [-0.39, 0.29) is 16.9 Å². The Bertz CT molecular complexity index is 1360. The molecule has 14 heteroatoms. The zero-order valence-corrected chi connectivity index (χ0v) is 23.9. The van der Waals surface area contributed by atoms with Crippen molar-refractivity contribution in [2.24, 2.45) is 0 Å². The van der Waals surface area contributed by atoms with Crippen LogP contribution in [0.5, 0.6) is 0 Å². The van der Waals surface area contributed by atoms with Crippen LogP contribution in [0.4, 0.5) is 24.5 Å². The summed E-state index contributed by atoms with van der Waals surface area (Å²) < 4.78 is 67.0. The van der Waals surface area contributed by atoms with Gasteiger partial charge in [0.25, 0.3) is 15.9 Å². The molecule has 0 saturated carbocycles. The van der Waals surface area contributed by atoms with E-state index in [1.807, 2.05) is 26.0 Å². The smallest absolute Gasteiger partial charge is 0.475 e. The number of sulfonamides is 1. The number of amides is 1. The molecule has 2 fully saturated rings. The summed E-state index contributed by atoms with van der Waals surface area (Å²) in [5, 5.41) is 13.4. The van der Waals surface area contributed by atoms with Crippen molar-refractivity contribution in [3.63, 3.8) is 0 Å². The van der Waals surface area contributed by atoms with E-state index < -0.39 is 22.2 Å². The maximum absolute atomic E-state index is 13.4. The zero-order valence-electron chi connectivity index (χ0n) is 23.1. The molecule has 2 aliphatic heterocycles. The summed E-state index contributed by atoms with van der Waals surface area (Å²) in [6, 6.07) is 8.81. The van der Waals surface area contributed by atoms with Crippen molar-refractivity contribution in [3.05, 3.63) is 52.6 Å². The summed E-state index contributed by atoms with van der Waals surface area (Å²) in [6.45, 7) is 9.96. The van der Waals surface area contributed by atoms with Gasteiger partial charge in [0.15, 0.2) is 0 Å². The van der Waals surface area contributed by atoms with E-state index in [0.29, 0.717) is 23.4 Å². The zero-order chi connectivity index (χ0) is 30.4. The fourth-order valence-electron chi connectivity index (χ4n) is 4.48. The number of carbonyl (C=O) groups is 2. The number of nitrogens with one attached hydrogen (secondary N) is 3. The molecule has 2 aromatic rings. The summed E-state index contributed by atoms with van der Waals surface area (Å²) in [5.41, 5.74) is 4.22. The minimum Gasteiger partial charge on any atom is -0.475 e. The van der Waals surface area contributed by atoms with E-state index in [1.54, 1.807) is 25.1 Å². The summed E-state index contributed by atoms with van der Waals surface area (Å²) in [7, 11) is -3.86. The van der Waals surface area contributed by atoms with Gasteiger partial charge in [-0.05, 0) is 74.6 Å². The van der Waals surface area contributed by atoms with Gasteiger partial charge < -0.3 is 25.4 Å². The first kappa shape index (κ1) is 32.2. The maximum atomic E-state index is 13.4. The molecular formula is C27H35F3N4O6S. The van der Waals surface area contributed by atoms with Crippen LogP contribution in [0.15, 0.2) is 35.2 Å². The number of anilines is 2. The Balaban J connectivity index is 0.000000587. The third-order valence-electron chi connectivity index (χ3n) is 6.80. The van der Waals surface area contributed by atoms with Crippen molar-refractivity contribution in [3.8, 4) is 0 Å². The fraction of sp³-hybridized carbons (Fsp3) is 0.481. The third-order valence-corrected chi connectivity index (χ3v) is 8.31. The molecule has 2 aliphatic rings. The van der Waals surface area contributed by atoms with E-state index >= 15 is 0 Å². The van der Waals surface area contributed by atoms with Crippen molar-refractivity contribution in [1.82, 2.24) is 10.6 Å². The maximum Gasteiger partial charge on any atom is 0.490 e. The average molecular weight is 601 g/mol. The fourth-order valence-corrected chi connectivity index (χ4v) is 5.86. The lowest BCUT2D eigenvalue weighted by Crippen LogP contribution is -2.43. The molecule has 0 bridgehead atoms. The standard InChI is InChI=1S/C25H34N4O4S.C2HF3O2/c1-17-13-19(3)24(14-18(17)2)34(31,32)28-22-15-20(25(30)27-16-21-5-4-12-33-21)6-7-23(22)29-10-8-26-9-11-29;3-2(4,5)1(6)7/h6-7,13-15,21,26,28H,4-5,8-12,16H2,1-3H3,(H,27,30);(H,6,7). The SMILES string of the molecule is Cc1cc(C)c(S(=O)(=O)Nc2cc(C(=O)NCC3CCCO3)ccc2N2CCNCC2)cc1C.O=C(O)C(F)(F)F. The van der Waals surface area contributed by atoms with Crippen molar-refractivity contribution >= 4 is 33.3 Å². The van der Waals surface area contributed by atoms with Crippen molar-refractivity contribution in [2.75, 3.05) is 49.0 Å². The lowest BCUT2D eigenvalue weighted by Gasteiger charge is -2.31. The van der Waals surface area contributed by atoms with Crippen molar-refractivity contribution in [1.29, 1.82) is 0 Å². The molecule has 10 nitrogen and oxygen atoms in total. The molecule has 2 heterocycles. The predicted octanol–water partition coefficient (Wildman–Crippen LogP) is 3.36. The number of carboxylic acids is 1. The summed E-state index contributed by atoms with van der Waals surface area (Å²) in [4.78, 5) is 24.1. The average Bonchev–Trinajstić information content (AvgIpc) is 3.43. The van der Waals surface area contributed by atoms with E-state index in [9.17, 15) is 26.4 Å². The minimum atomic E-state index is -5.08. The van der Waals surface area contributed by atoms with Crippen LogP contribution in [0, 0.1) is 20.8 Å². The monoisotopic (exact) mass is 600 g/mol. The van der Waals surface area contributed by atoms with Gasteiger partial charge in [-0.2, -0.15) is 13.2 Å². The number of aryl methyl sites for hydroxylation is 3. The predicted molar refractivity (Wildman–Crippen MR) is 148 cm³/mol. The molecule has 1 unspecified atom stereocenters. The number of carboxylic acid groups (broad SMARTS) is 1. The highest BCUT2D eigenvalue weighted by atomic mass is 32.2. The first-order valence-electron chi connectivity index (χ1n) is 13.1. The molecule has 41 heavy (non-hydrogen) atoms. The largest absolute Gasteiger partial charge is 0.490 e. The number of rotatable bonds is 7. The van der Waals surface area contributed by atoms with Gasteiger partial charge in [-0.25, -0.2) is 13.2 Å². The highest BCUT2D eigenvalue weighted by Gasteiger charge is 2.38. The van der Waals surface area contributed by atoms with Gasteiger partial charge in [0, 0.05) is 44.9 Å². The van der Waals surface area contributed by atoms with Gasteiger partial charge in [-0.3, -0.25) is 9.52 Å². The highest BCUT2D eigenvalue weighted by Crippen LogP contribution is 2.31. The van der Waals surface area contributed by atoms with E-state index in [1.165, 1.54) is 0 Å². The molecule has 1 amide bonds. The third kappa shape index (κ3) is 8.81. The molecule has 0 aliphatic carbocycles. The summed E-state index contributed by atoms with van der Waals surface area (Å²) >= 11 is 0. The second-order valence-electron chi connectivity index (χ2n) is 9.92. The Labute approximate surface area is 237 Å². The Morgan fingerprint density at radius 3 is 2.29 bits per heavy atom. The molecule has 2 saturated heterocycles. The second-order valence-corrected chi connectivity index (χ2v) is 11.6. The van der Waals surface area contributed by atoms with E-state index in [4.69, 9.17) is 14.6 Å². The number of carbonyl (C=O) groups excluding carboxylic acids is 1. The van der Waals surface area contributed by atoms with Crippen molar-refractivity contribution in [2.45, 2.75) is 50.8 Å². The summed E-state index contributed by atoms with van der Waals surface area (Å²) in [5.74, 6) is -3.00. The van der Waals surface area contributed by atoms with Crippen LogP contribution < -0.4 is 20.3 Å². The number of halogens is 3. The van der Waals surface area contributed by atoms with E-state index in [0.717, 1.165) is 62.4 Å². The normalized spacial score (nSPS) is 17.4. The highest BCUT2D eigenvalue weighted by molar-refractivity contribution is 7.92. The van der Waals surface area contributed by atoms with Crippen LogP contribution >= 0.6 is 0 Å². The van der Waals surface area contributed by atoms with Crippen LogP contribution in [0.2, 0.25) is 0 Å². The topological polar surface area (TPSA) is 137 Å². The molecule has 0 aromatic heterocycles. The molecule has 2 aromatic carbocycles. The first-order valence-corrected chi connectivity index (χ1v) is 14.6. The van der Waals surface area contributed by atoms with E-state index in [2.05, 4.69) is 20.3 Å². The van der Waals surface area contributed by atoms with Gasteiger partial charge in [0.1, 0.15) is 0 Å². The Morgan fingerprint density at radius 2 is 1.71 bits per heavy atom. The van der Waals surface area contributed by atoms with Gasteiger partial charge in [-0.15, -0.1) is 0 Å². The molecule has 1 atom stereocenters. The lowest BCUT2D eigenvalue weighted by molar-refractivity contribution is -0.192. The number of ether oxygens (including phenoxy) is 1. The molecular weight excluding hydrogens is 565 g/mol. The van der Waals surface area contributed by atoms with Crippen LogP contribution in [-0.2, 0) is 19.6 Å². The molecule has 4 N–H and O–H groups in total. The van der Waals surface area contributed by atoms with Gasteiger partial charge in [-0.1, -0.05) is 6.07 Å². The van der Waals surface area contributed by atoms with Gasteiger partial charge >= 0.3 is 12.1 Å². The number of benzene rings is 2. The number of hydrogen-bond acceptors (Lipinski definition) is 7. The van der Waals surface area contributed by atoms with Crippen LogP contribution in [0.3, 0.4) is 0 Å². The van der Waals surface area contributed by atoms with Crippen molar-refractivity contribution < 1.29 is 41.0 Å². The molecule has 0 spiro atoms. The van der Waals surface area contributed by atoms with Gasteiger partial charge in [0.05, 0.1) is 22.4 Å². The number of alkyl halides is 3. The number of nitrogens with zero attached hydrogens (tertiary/aromatic N) is 1. The quantitative estimate of drug-likeness (QED) is 0.380. The van der Waals surface area contributed by atoms with Crippen LogP contribution in [0.25, 0.3) is 0 Å². The Kier molecular flexibility index (Phi) is 10.6. The minimum absolute atomic E-state index is 0.0369. The lowest BCUT2D eigenvalue weighted by atomic mass is 10.1. The van der Waals surface area contributed by atoms with Crippen LogP contribution in [0.1, 0.15) is 39.9 Å². The first-order chi connectivity index (χ1) is 19.2. The summed E-state index contributed by atoms with van der Waals surface area (Å²) in [6.07, 6.45) is -3.11. The number of aliphatic carboxylic acids is 1.